The summed E-state index contributed by atoms with van der Waals surface area (Å²) in [5.74, 6) is -3.84. The van der Waals surface area contributed by atoms with Crippen LogP contribution < -0.4 is 11.1 Å². The number of benzene rings is 1. The molecule has 1 amide bonds. The summed E-state index contributed by atoms with van der Waals surface area (Å²) in [5, 5.41) is 12.6. The number of nitrogens with one attached hydrogen (secondary N) is 1. The highest BCUT2D eigenvalue weighted by atomic mass is 35.5. The zero-order valence-corrected chi connectivity index (χ0v) is 11.0. The molecule has 1 aromatic rings. The molecule has 1 aromatic carbocycles. The molecule has 0 spiro atoms. The Morgan fingerprint density at radius 2 is 2.15 bits per heavy atom. The van der Waals surface area contributed by atoms with Crippen LogP contribution in [-0.2, 0) is 11.2 Å². The van der Waals surface area contributed by atoms with Gasteiger partial charge >= 0.3 is 0 Å². The quantitative estimate of drug-likeness (QED) is 0.614. The van der Waals surface area contributed by atoms with Gasteiger partial charge in [0.1, 0.15) is 0 Å². The van der Waals surface area contributed by atoms with Gasteiger partial charge in [0.15, 0.2) is 0 Å². The first-order valence-electron chi connectivity index (χ1n) is 5.52. The highest BCUT2D eigenvalue weighted by molar-refractivity contribution is 6.31. The molecular formula is C11H12ClF2N3O3. The molecule has 0 aliphatic carbocycles. The summed E-state index contributed by atoms with van der Waals surface area (Å²) in [6.45, 7) is -1.74. The number of non-ortho nitro benzene ring substituents is 1. The van der Waals surface area contributed by atoms with E-state index in [1.54, 1.807) is 0 Å². The maximum absolute atomic E-state index is 12.8. The standard InChI is InChI=1S/C11H12ClF2N3O3/c12-9-4-8(17(19)20)2-1-7(9)3-10(18)16-6-11(13,14)5-15/h1-2,4H,3,5-6,15H2,(H,16,18). The number of halogens is 3. The van der Waals surface area contributed by atoms with E-state index in [1.165, 1.54) is 12.1 Å². The lowest BCUT2D eigenvalue weighted by Gasteiger charge is -2.14. The van der Waals surface area contributed by atoms with Gasteiger partial charge in [-0.1, -0.05) is 17.7 Å². The Labute approximate surface area is 118 Å². The number of nitro benzene ring substituents is 1. The molecule has 0 bridgehead atoms. The smallest absolute Gasteiger partial charge is 0.277 e. The Bertz CT molecular complexity index is 526. The van der Waals surface area contributed by atoms with Crippen LogP contribution in [-0.4, -0.2) is 29.8 Å². The number of nitrogens with zero attached hydrogens (tertiary/aromatic N) is 1. The van der Waals surface area contributed by atoms with Crippen molar-refractivity contribution in [2.45, 2.75) is 12.3 Å². The highest BCUT2D eigenvalue weighted by Crippen LogP contribution is 2.22. The third-order valence-corrected chi connectivity index (χ3v) is 2.79. The van der Waals surface area contributed by atoms with Crippen LogP contribution in [0.4, 0.5) is 14.5 Å². The molecule has 0 aliphatic rings. The monoisotopic (exact) mass is 307 g/mol. The number of amides is 1. The number of nitro groups is 1. The van der Waals surface area contributed by atoms with Gasteiger partial charge in [-0.2, -0.15) is 0 Å². The normalized spacial score (nSPS) is 11.2. The third kappa shape index (κ3) is 4.71. The van der Waals surface area contributed by atoms with Crippen LogP contribution in [0, 0.1) is 10.1 Å². The number of carbonyl (C=O) groups is 1. The lowest BCUT2D eigenvalue weighted by molar-refractivity contribution is -0.384. The van der Waals surface area contributed by atoms with Crippen LogP contribution >= 0.6 is 11.6 Å². The minimum atomic E-state index is -3.17. The molecule has 0 heterocycles. The summed E-state index contributed by atoms with van der Waals surface area (Å²) in [7, 11) is 0. The average Bonchev–Trinajstić information content (AvgIpc) is 2.39. The van der Waals surface area contributed by atoms with Gasteiger partial charge in [0, 0.05) is 12.1 Å². The molecule has 0 saturated heterocycles. The Kier molecular flexibility index (Phi) is 5.34. The topological polar surface area (TPSA) is 98.3 Å². The number of hydrogen-bond acceptors (Lipinski definition) is 4. The Hall–Kier alpha value is -1.80. The fourth-order valence-electron chi connectivity index (χ4n) is 1.33. The Morgan fingerprint density at radius 3 is 2.65 bits per heavy atom. The van der Waals surface area contributed by atoms with Crippen molar-refractivity contribution in [2.75, 3.05) is 13.1 Å². The predicted octanol–water partition coefficient (Wildman–Crippen LogP) is 1.50. The molecule has 110 valence electrons. The molecule has 0 fully saturated rings. The Balaban J connectivity index is 2.65. The lowest BCUT2D eigenvalue weighted by atomic mass is 10.1. The van der Waals surface area contributed by atoms with Crippen LogP contribution in [0.5, 0.6) is 0 Å². The average molecular weight is 308 g/mol. The maximum atomic E-state index is 12.8. The van der Waals surface area contributed by atoms with E-state index in [0.29, 0.717) is 5.56 Å². The van der Waals surface area contributed by atoms with E-state index in [-0.39, 0.29) is 17.1 Å². The zero-order valence-electron chi connectivity index (χ0n) is 10.2. The van der Waals surface area contributed by atoms with Crippen molar-refractivity contribution < 1.29 is 18.5 Å². The first-order valence-corrected chi connectivity index (χ1v) is 5.90. The molecule has 6 nitrogen and oxygen atoms in total. The van der Waals surface area contributed by atoms with Gasteiger partial charge in [-0.15, -0.1) is 0 Å². The summed E-state index contributed by atoms with van der Waals surface area (Å²) in [6.07, 6.45) is -0.253. The molecule has 0 aliphatic heterocycles. The van der Waals surface area contributed by atoms with E-state index in [4.69, 9.17) is 17.3 Å². The molecule has 20 heavy (non-hydrogen) atoms. The van der Waals surface area contributed by atoms with Crippen LogP contribution in [0.2, 0.25) is 5.02 Å². The number of hydrogen-bond donors (Lipinski definition) is 2. The largest absolute Gasteiger partial charge is 0.350 e. The van der Waals surface area contributed by atoms with Crippen molar-refractivity contribution in [3.63, 3.8) is 0 Å². The van der Waals surface area contributed by atoms with Crippen LogP contribution in [0.1, 0.15) is 5.56 Å². The predicted molar refractivity (Wildman–Crippen MR) is 68.8 cm³/mol. The number of rotatable bonds is 6. The van der Waals surface area contributed by atoms with Gasteiger partial charge < -0.3 is 11.1 Å². The van der Waals surface area contributed by atoms with Crippen molar-refractivity contribution in [1.82, 2.24) is 5.32 Å². The first-order chi connectivity index (χ1) is 9.25. The lowest BCUT2D eigenvalue weighted by Crippen LogP contribution is -2.42. The number of nitrogens with two attached hydrogens (primary N) is 1. The van der Waals surface area contributed by atoms with Crippen molar-refractivity contribution in [2.24, 2.45) is 5.73 Å². The fourth-order valence-corrected chi connectivity index (χ4v) is 1.57. The summed E-state index contributed by atoms with van der Waals surface area (Å²) in [5.41, 5.74) is 4.92. The second-order valence-corrected chi connectivity index (χ2v) is 4.45. The van der Waals surface area contributed by atoms with E-state index >= 15 is 0 Å². The van der Waals surface area contributed by atoms with E-state index in [9.17, 15) is 23.7 Å². The molecule has 0 radical (unpaired) electrons. The van der Waals surface area contributed by atoms with Crippen LogP contribution in [0.25, 0.3) is 0 Å². The molecule has 0 atom stereocenters. The molecule has 1 rings (SSSR count). The van der Waals surface area contributed by atoms with Gasteiger partial charge in [-0.25, -0.2) is 8.78 Å². The molecule has 0 aromatic heterocycles. The van der Waals surface area contributed by atoms with Gasteiger partial charge in [0.05, 0.1) is 29.5 Å². The van der Waals surface area contributed by atoms with Crippen molar-refractivity contribution in [3.05, 3.63) is 38.9 Å². The summed E-state index contributed by atoms with van der Waals surface area (Å²) in [6, 6.07) is 3.59. The van der Waals surface area contributed by atoms with Crippen molar-refractivity contribution in [1.29, 1.82) is 0 Å². The van der Waals surface area contributed by atoms with E-state index < -0.39 is 29.8 Å². The second kappa shape index (κ2) is 6.58. The van der Waals surface area contributed by atoms with Gasteiger partial charge in [-0.05, 0) is 5.56 Å². The summed E-state index contributed by atoms with van der Waals surface area (Å²) in [4.78, 5) is 21.3. The molecule has 0 saturated carbocycles. The number of alkyl halides is 2. The van der Waals surface area contributed by atoms with Crippen molar-refractivity contribution in [3.8, 4) is 0 Å². The van der Waals surface area contributed by atoms with E-state index in [0.717, 1.165) is 6.07 Å². The molecular weight excluding hydrogens is 296 g/mol. The van der Waals surface area contributed by atoms with Gasteiger partial charge in [0.2, 0.25) is 5.91 Å². The maximum Gasteiger partial charge on any atom is 0.277 e. The van der Waals surface area contributed by atoms with Crippen LogP contribution in [0.15, 0.2) is 18.2 Å². The third-order valence-electron chi connectivity index (χ3n) is 2.44. The van der Waals surface area contributed by atoms with E-state index in [1.807, 2.05) is 5.32 Å². The van der Waals surface area contributed by atoms with Gasteiger partial charge in [0.25, 0.3) is 11.6 Å². The van der Waals surface area contributed by atoms with Gasteiger partial charge in [-0.3, -0.25) is 14.9 Å². The second-order valence-electron chi connectivity index (χ2n) is 4.05. The minimum absolute atomic E-state index is 0.0277. The zero-order chi connectivity index (χ0) is 15.3. The molecule has 0 unspecified atom stereocenters. The molecule has 3 N–H and O–H groups in total. The summed E-state index contributed by atoms with van der Waals surface area (Å²) >= 11 is 5.78. The fraction of sp³-hybridized carbons (Fsp3) is 0.364. The molecule has 9 heteroatoms. The summed E-state index contributed by atoms with van der Waals surface area (Å²) < 4.78 is 25.7. The minimum Gasteiger partial charge on any atom is -0.350 e. The number of carbonyl (C=O) groups excluding carboxylic acids is 1. The van der Waals surface area contributed by atoms with E-state index in [2.05, 4.69) is 0 Å². The van der Waals surface area contributed by atoms with Crippen LogP contribution in [0.3, 0.4) is 0 Å². The Morgan fingerprint density at radius 1 is 1.50 bits per heavy atom. The SMILES string of the molecule is NCC(F)(F)CNC(=O)Cc1ccc([N+](=O)[O-])cc1Cl. The van der Waals surface area contributed by atoms with Crippen molar-refractivity contribution >= 4 is 23.2 Å². The first kappa shape index (κ1) is 16.3. The highest BCUT2D eigenvalue weighted by Gasteiger charge is 2.27.